The molecule has 124 valence electrons. The van der Waals surface area contributed by atoms with Crippen molar-refractivity contribution < 1.29 is 14.4 Å². The van der Waals surface area contributed by atoms with E-state index < -0.39 is 11.8 Å². The minimum atomic E-state index is -0.405. The minimum Gasteiger partial charge on any atom is -0.354 e. The zero-order valence-electron chi connectivity index (χ0n) is 12.9. The summed E-state index contributed by atoms with van der Waals surface area (Å²) in [5, 5.41) is 4.80. The number of carbonyl (C=O) groups excluding carboxylic acids is 3. The van der Waals surface area contributed by atoms with Crippen LogP contribution in [-0.4, -0.2) is 41.5 Å². The molecule has 0 bridgehead atoms. The average molecular weight is 360 g/mol. The highest BCUT2D eigenvalue weighted by Crippen LogP contribution is 2.22. The average Bonchev–Trinajstić information content (AvgIpc) is 3.18. The lowest BCUT2D eigenvalue weighted by molar-refractivity contribution is -0.121. The normalized spacial score (nSPS) is 13.2. The molecular weight excluding hydrogens is 344 g/mol. The van der Waals surface area contributed by atoms with Gasteiger partial charge in [0.1, 0.15) is 6.54 Å². The van der Waals surface area contributed by atoms with Gasteiger partial charge in [0.2, 0.25) is 5.91 Å². The highest BCUT2D eigenvalue weighted by atomic mass is 32.2. The molecule has 1 N–H and O–H groups in total. The van der Waals surface area contributed by atoms with Crippen molar-refractivity contribution in [3.05, 3.63) is 57.8 Å². The van der Waals surface area contributed by atoms with Gasteiger partial charge in [-0.25, -0.2) is 0 Å². The maximum absolute atomic E-state index is 12.2. The number of nitrogens with zero attached hydrogens (tertiary/aromatic N) is 1. The van der Waals surface area contributed by atoms with Crippen LogP contribution in [0.15, 0.2) is 41.8 Å². The molecular formula is C17H16N2O3S2. The Labute approximate surface area is 148 Å². The van der Waals surface area contributed by atoms with Crippen LogP contribution in [0, 0.1) is 0 Å². The molecule has 24 heavy (non-hydrogen) atoms. The minimum absolute atomic E-state index is 0.234. The van der Waals surface area contributed by atoms with Gasteiger partial charge in [0.25, 0.3) is 11.8 Å². The van der Waals surface area contributed by atoms with Crippen molar-refractivity contribution in [1.29, 1.82) is 0 Å². The maximum atomic E-state index is 12.2. The molecule has 1 aliphatic heterocycles. The van der Waals surface area contributed by atoms with Crippen molar-refractivity contribution in [2.45, 2.75) is 5.75 Å². The number of nitrogens with one attached hydrogen (secondary N) is 1. The molecule has 1 aliphatic rings. The summed E-state index contributed by atoms with van der Waals surface area (Å²) in [6.07, 6.45) is 0. The Morgan fingerprint density at radius 3 is 2.42 bits per heavy atom. The van der Waals surface area contributed by atoms with E-state index in [0.29, 0.717) is 17.7 Å². The van der Waals surface area contributed by atoms with Crippen molar-refractivity contribution in [3.8, 4) is 0 Å². The molecule has 0 saturated heterocycles. The fraction of sp³-hybridized carbons (Fsp3) is 0.235. The molecule has 0 radical (unpaired) electrons. The van der Waals surface area contributed by atoms with E-state index in [0.717, 1.165) is 16.4 Å². The first-order chi connectivity index (χ1) is 11.7. The van der Waals surface area contributed by atoms with Gasteiger partial charge in [0, 0.05) is 22.9 Å². The Morgan fingerprint density at radius 1 is 1.08 bits per heavy atom. The lowest BCUT2D eigenvalue weighted by atomic mass is 10.1. The van der Waals surface area contributed by atoms with Crippen LogP contribution in [-0.2, 0) is 10.5 Å². The van der Waals surface area contributed by atoms with Crippen LogP contribution < -0.4 is 5.32 Å². The topological polar surface area (TPSA) is 66.5 Å². The van der Waals surface area contributed by atoms with E-state index in [1.165, 1.54) is 4.88 Å². The first kappa shape index (κ1) is 16.7. The number of imide groups is 1. The van der Waals surface area contributed by atoms with Gasteiger partial charge < -0.3 is 5.32 Å². The highest BCUT2D eigenvalue weighted by Gasteiger charge is 2.36. The molecule has 0 spiro atoms. The number of hydrogen-bond acceptors (Lipinski definition) is 5. The first-order valence-electron chi connectivity index (χ1n) is 7.49. The Bertz CT molecular complexity index is 724. The van der Waals surface area contributed by atoms with E-state index >= 15 is 0 Å². The molecule has 0 atom stereocenters. The molecule has 2 heterocycles. The van der Waals surface area contributed by atoms with Crippen LogP contribution in [0.2, 0.25) is 0 Å². The van der Waals surface area contributed by atoms with E-state index in [1.54, 1.807) is 47.4 Å². The number of fused-ring (bicyclic) bond motifs is 1. The van der Waals surface area contributed by atoms with Crippen molar-refractivity contribution in [3.63, 3.8) is 0 Å². The van der Waals surface area contributed by atoms with E-state index in [2.05, 4.69) is 11.4 Å². The quantitative estimate of drug-likeness (QED) is 0.608. The van der Waals surface area contributed by atoms with Crippen molar-refractivity contribution in [2.24, 2.45) is 0 Å². The van der Waals surface area contributed by atoms with Gasteiger partial charge in [-0.3, -0.25) is 19.3 Å². The van der Waals surface area contributed by atoms with Crippen LogP contribution in [0.3, 0.4) is 0 Å². The summed E-state index contributed by atoms with van der Waals surface area (Å²) in [6.45, 7) is 0.278. The summed E-state index contributed by atoms with van der Waals surface area (Å²) in [7, 11) is 0. The molecule has 1 aromatic heterocycles. The summed E-state index contributed by atoms with van der Waals surface area (Å²) >= 11 is 3.45. The predicted octanol–water partition coefficient (Wildman–Crippen LogP) is 2.39. The van der Waals surface area contributed by atoms with Gasteiger partial charge in [-0.1, -0.05) is 18.2 Å². The molecule has 1 aromatic carbocycles. The number of amides is 3. The summed E-state index contributed by atoms with van der Waals surface area (Å²) in [5.74, 6) is 0.578. The smallest absolute Gasteiger partial charge is 0.262 e. The molecule has 3 rings (SSSR count). The predicted molar refractivity (Wildman–Crippen MR) is 95.3 cm³/mol. The van der Waals surface area contributed by atoms with Crippen LogP contribution in [0.1, 0.15) is 25.6 Å². The van der Waals surface area contributed by atoms with Crippen molar-refractivity contribution in [1.82, 2.24) is 10.2 Å². The zero-order valence-corrected chi connectivity index (χ0v) is 14.5. The summed E-state index contributed by atoms with van der Waals surface area (Å²) in [5.41, 5.74) is 0.726. The molecule has 7 heteroatoms. The van der Waals surface area contributed by atoms with Gasteiger partial charge in [-0.2, -0.15) is 11.8 Å². The number of hydrogen-bond donors (Lipinski definition) is 1. The second kappa shape index (κ2) is 7.63. The van der Waals surface area contributed by atoms with E-state index in [-0.39, 0.29) is 12.5 Å². The fourth-order valence-corrected chi connectivity index (χ4v) is 4.11. The Hall–Kier alpha value is -2.12. The number of thiophene rings is 1. The molecule has 0 fully saturated rings. The molecule has 5 nitrogen and oxygen atoms in total. The van der Waals surface area contributed by atoms with Crippen molar-refractivity contribution >= 4 is 40.8 Å². The van der Waals surface area contributed by atoms with Crippen LogP contribution in [0.4, 0.5) is 0 Å². The monoisotopic (exact) mass is 360 g/mol. The van der Waals surface area contributed by atoms with Crippen LogP contribution >= 0.6 is 23.1 Å². The number of thioether (sulfide) groups is 1. The Morgan fingerprint density at radius 2 is 1.79 bits per heavy atom. The summed E-state index contributed by atoms with van der Waals surface area (Å²) < 4.78 is 0. The van der Waals surface area contributed by atoms with Gasteiger partial charge in [-0.05, 0) is 23.6 Å². The van der Waals surface area contributed by atoms with Crippen LogP contribution in [0.5, 0.6) is 0 Å². The summed E-state index contributed by atoms with van der Waals surface area (Å²) in [6, 6.07) is 10.7. The fourth-order valence-electron chi connectivity index (χ4n) is 2.41. The second-order valence-corrected chi connectivity index (χ2v) is 7.36. The number of rotatable bonds is 7. The third-order valence-electron chi connectivity index (χ3n) is 3.57. The largest absolute Gasteiger partial charge is 0.354 e. The van der Waals surface area contributed by atoms with Crippen LogP contribution in [0.25, 0.3) is 0 Å². The van der Waals surface area contributed by atoms with E-state index in [9.17, 15) is 14.4 Å². The zero-order chi connectivity index (χ0) is 16.9. The summed E-state index contributed by atoms with van der Waals surface area (Å²) in [4.78, 5) is 38.6. The molecule has 0 saturated carbocycles. The van der Waals surface area contributed by atoms with Crippen molar-refractivity contribution in [2.75, 3.05) is 18.8 Å². The van der Waals surface area contributed by atoms with Gasteiger partial charge in [0.05, 0.1) is 11.1 Å². The SMILES string of the molecule is O=C(CN1C(=O)c2ccccc2C1=O)NCCSCc1cccs1. The molecule has 0 unspecified atom stereocenters. The Balaban J connectivity index is 1.42. The third-order valence-corrected chi connectivity index (χ3v) is 5.64. The first-order valence-corrected chi connectivity index (χ1v) is 9.52. The molecule has 3 amide bonds. The number of carbonyl (C=O) groups is 3. The maximum Gasteiger partial charge on any atom is 0.262 e. The number of benzene rings is 1. The third kappa shape index (κ3) is 3.68. The van der Waals surface area contributed by atoms with E-state index in [1.807, 2.05) is 11.4 Å². The van der Waals surface area contributed by atoms with E-state index in [4.69, 9.17) is 0 Å². The molecule has 0 aliphatic carbocycles. The standard InChI is InChI=1S/C17H16N2O3S2/c20-15(18-7-9-23-11-12-4-3-8-24-12)10-19-16(21)13-5-1-2-6-14(13)17(19)22/h1-6,8H,7,9-11H2,(H,18,20). The lowest BCUT2D eigenvalue weighted by Crippen LogP contribution is -2.40. The lowest BCUT2D eigenvalue weighted by Gasteiger charge is -2.13. The van der Waals surface area contributed by atoms with Gasteiger partial charge >= 0.3 is 0 Å². The van der Waals surface area contributed by atoms with Gasteiger partial charge in [-0.15, -0.1) is 11.3 Å². The highest BCUT2D eigenvalue weighted by molar-refractivity contribution is 7.98. The van der Waals surface area contributed by atoms with Gasteiger partial charge in [0.15, 0.2) is 0 Å². The second-order valence-electron chi connectivity index (χ2n) is 5.22. The molecule has 2 aromatic rings. The Kier molecular flexibility index (Phi) is 5.32.